The summed E-state index contributed by atoms with van der Waals surface area (Å²) in [5, 5.41) is 2.68. The molecule has 0 aromatic carbocycles. The number of morpholine rings is 1. The molecule has 0 bridgehead atoms. The lowest BCUT2D eigenvalue weighted by Gasteiger charge is -2.31. The van der Waals surface area contributed by atoms with Crippen LogP contribution in [0, 0.1) is 18.3 Å². The van der Waals surface area contributed by atoms with E-state index >= 15 is 0 Å². The van der Waals surface area contributed by atoms with Gasteiger partial charge in [0.15, 0.2) is 0 Å². The van der Waals surface area contributed by atoms with E-state index in [2.05, 4.69) is 16.9 Å². The van der Waals surface area contributed by atoms with Crippen molar-refractivity contribution in [2.45, 2.75) is 80.8 Å². The average Bonchev–Trinajstić information content (AvgIpc) is 3.75. The number of amides is 2. The summed E-state index contributed by atoms with van der Waals surface area (Å²) < 4.78 is 18.7. The van der Waals surface area contributed by atoms with Crippen LogP contribution in [0.1, 0.15) is 80.3 Å². The summed E-state index contributed by atoms with van der Waals surface area (Å²) in [7, 11) is 0. The number of carbonyl (C=O) groups excluding carboxylic acids is 3. The highest BCUT2D eigenvalue weighted by atomic mass is 19.1. The Morgan fingerprint density at radius 1 is 1.21 bits per heavy atom. The number of anilines is 1. The summed E-state index contributed by atoms with van der Waals surface area (Å²) in [6.45, 7) is 21.8. The van der Waals surface area contributed by atoms with E-state index in [4.69, 9.17) is 4.74 Å². The molecule has 42 heavy (non-hydrogen) atoms. The molecule has 3 aliphatic rings. The van der Waals surface area contributed by atoms with Crippen molar-refractivity contribution in [3.63, 3.8) is 0 Å². The first kappa shape index (κ1) is 34.8. The van der Waals surface area contributed by atoms with Crippen molar-refractivity contribution in [1.29, 1.82) is 0 Å². The number of aromatic nitrogens is 1. The highest BCUT2D eigenvalue weighted by Crippen LogP contribution is 2.40. The van der Waals surface area contributed by atoms with Gasteiger partial charge in [-0.3, -0.25) is 14.4 Å². The molecule has 1 N–H and O–H groups in total. The van der Waals surface area contributed by atoms with Crippen molar-refractivity contribution in [2.24, 2.45) is 11.3 Å². The van der Waals surface area contributed by atoms with Gasteiger partial charge in [-0.2, -0.15) is 0 Å². The maximum Gasteiger partial charge on any atom is 0.254 e. The molecule has 3 atom stereocenters. The molecule has 1 aromatic heterocycles. The zero-order valence-electron chi connectivity index (χ0n) is 26.6. The number of ketones is 1. The zero-order chi connectivity index (χ0) is 31.6. The van der Waals surface area contributed by atoms with E-state index in [0.29, 0.717) is 56.1 Å². The molecule has 7 nitrogen and oxygen atoms in total. The summed E-state index contributed by atoms with van der Waals surface area (Å²) in [4.78, 5) is 44.3. The number of alkyl halides is 1. The summed E-state index contributed by atoms with van der Waals surface area (Å²) in [5.41, 5.74) is 3.80. The Hall–Kier alpha value is -3.39. The van der Waals surface area contributed by atoms with Gasteiger partial charge in [-0.1, -0.05) is 53.3 Å². The highest BCUT2D eigenvalue weighted by molar-refractivity contribution is 6.01. The summed E-state index contributed by atoms with van der Waals surface area (Å²) in [5.74, 6) is -0.600. The van der Waals surface area contributed by atoms with Crippen LogP contribution < -0.4 is 5.32 Å². The Kier molecular flexibility index (Phi) is 13.0. The molecule has 1 saturated heterocycles. The van der Waals surface area contributed by atoms with Gasteiger partial charge in [0.1, 0.15) is 17.8 Å². The molecule has 1 aliphatic heterocycles. The number of nitrogens with zero attached hydrogens (tertiary/aromatic N) is 2. The minimum atomic E-state index is -1.08. The third kappa shape index (κ3) is 8.34. The molecular formula is C34H50FN3O4. The molecular weight excluding hydrogens is 533 g/mol. The number of rotatable bonds is 8. The van der Waals surface area contributed by atoms with Gasteiger partial charge >= 0.3 is 0 Å². The molecule has 2 fully saturated rings. The zero-order valence-corrected chi connectivity index (χ0v) is 26.6. The van der Waals surface area contributed by atoms with Gasteiger partial charge in [-0.25, -0.2) is 9.37 Å². The summed E-state index contributed by atoms with van der Waals surface area (Å²) in [6.07, 6.45) is 7.69. The van der Waals surface area contributed by atoms with Gasteiger partial charge in [0.2, 0.25) is 5.91 Å². The lowest BCUT2D eigenvalue weighted by molar-refractivity contribution is -0.130. The standard InChI is InChI=1S/C30H36FN3O4.2C2H6.H2/c1-6-26(35)30(5)8-7-22(19(3)16-30)23(20(4)29(37)34-9-11-38-12-10-34)14-21-17-32-27(13-18(21)2)33-28(36)24-15-25(24)31;2*1-2;/h7,13-14,16-17,24-25H,4,6,8-12,15H2,1-3,5H3,(H,32,33,36);2*1-2H3;1H/b23-14+;;;/t24-,25+,30?;;;/m0.../s1. The smallest absolute Gasteiger partial charge is 0.254 e. The van der Waals surface area contributed by atoms with E-state index in [-0.39, 0.29) is 25.4 Å². The van der Waals surface area contributed by atoms with Crippen molar-refractivity contribution < 1.29 is 24.9 Å². The number of carbonyl (C=O) groups is 3. The first-order chi connectivity index (χ1) is 20.0. The minimum absolute atomic E-state index is 0. The van der Waals surface area contributed by atoms with Gasteiger partial charge in [0.05, 0.1) is 19.1 Å². The minimum Gasteiger partial charge on any atom is -0.378 e. The number of nitrogens with one attached hydrogen (secondary N) is 1. The maximum absolute atomic E-state index is 13.5. The third-order valence-electron chi connectivity index (χ3n) is 7.57. The molecule has 2 amide bonds. The second-order valence-electron chi connectivity index (χ2n) is 10.6. The molecule has 8 heteroatoms. The molecule has 1 aromatic rings. The van der Waals surface area contributed by atoms with Crippen molar-refractivity contribution in [1.82, 2.24) is 9.88 Å². The monoisotopic (exact) mass is 583 g/mol. The van der Waals surface area contributed by atoms with Gasteiger partial charge in [0.25, 0.3) is 5.91 Å². The largest absolute Gasteiger partial charge is 0.378 e. The van der Waals surface area contributed by atoms with Crippen LogP contribution in [-0.2, 0) is 19.1 Å². The van der Waals surface area contributed by atoms with E-state index in [1.165, 1.54) is 0 Å². The van der Waals surface area contributed by atoms with Gasteiger partial charge < -0.3 is 15.0 Å². The van der Waals surface area contributed by atoms with Crippen LogP contribution in [0.4, 0.5) is 10.2 Å². The molecule has 1 unspecified atom stereocenters. The van der Waals surface area contributed by atoms with Crippen LogP contribution in [0.5, 0.6) is 0 Å². The lowest BCUT2D eigenvalue weighted by atomic mass is 9.73. The van der Waals surface area contributed by atoms with Crippen LogP contribution in [-0.4, -0.2) is 60.0 Å². The SMILES string of the molecule is C=C(C(=O)N1CCOCC1)/C(=C\c1cnc(NC(=O)[C@H]2C[C@H]2F)cc1C)C1=CCC(C)(C(=O)CC)C=C1C.CC.CC.[HH]. The fourth-order valence-electron chi connectivity index (χ4n) is 5.01. The Labute approximate surface area is 252 Å². The van der Waals surface area contributed by atoms with Crippen molar-refractivity contribution in [3.8, 4) is 0 Å². The fourth-order valence-corrected chi connectivity index (χ4v) is 5.01. The summed E-state index contributed by atoms with van der Waals surface area (Å²) in [6, 6.07) is 1.73. The van der Waals surface area contributed by atoms with E-state index in [1.54, 1.807) is 17.2 Å². The van der Waals surface area contributed by atoms with Crippen molar-refractivity contribution in [3.05, 3.63) is 64.4 Å². The van der Waals surface area contributed by atoms with E-state index in [9.17, 15) is 18.8 Å². The van der Waals surface area contributed by atoms with Crippen LogP contribution in [0.15, 0.2) is 53.3 Å². The van der Waals surface area contributed by atoms with Crippen molar-refractivity contribution >= 4 is 29.5 Å². The first-order valence-corrected chi connectivity index (χ1v) is 15.2. The van der Waals surface area contributed by atoms with Crippen LogP contribution in [0.2, 0.25) is 0 Å². The Bertz CT molecular complexity index is 1270. The van der Waals surface area contributed by atoms with Crippen molar-refractivity contribution in [2.75, 3.05) is 31.6 Å². The number of aryl methyl sites for hydroxylation is 1. The Balaban J connectivity index is 0.00000177. The normalized spacial score (nSPS) is 23.2. The third-order valence-corrected chi connectivity index (χ3v) is 7.57. The predicted molar refractivity (Wildman–Crippen MR) is 170 cm³/mol. The number of ether oxygens (including phenoxy) is 1. The highest BCUT2D eigenvalue weighted by Gasteiger charge is 2.43. The number of Topliss-reactive ketones (excluding diaryl/α,β-unsaturated/α-hetero) is 1. The number of halogens is 1. The molecule has 1 saturated carbocycles. The van der Waals surface area contributed by atoms with E-state index < -0.39 is 17.5 Å². The number of hydrogen-bond acceptors (Lipinski definition) is 5. The Morgan fingerprint density at radius 3 is 2.36 bits per heavy atom. The van der Waals surface area contributed by atoms with Gasteiger partial charge in [0, 0.05) is 38.1 Å². The predicted octanol–water partition coefficient (Wildman–Crippen LogP) is 7.05. The molecule has 2 heterocycles. The lowest BCUT2D eigenvalue weighted by Crippen LogP contribution is -2.41. The van der Waals surface area contributed by atoms with Crippen LogP contribution >= 0.6 is 0 Å². The first-order valence-electron chi connectivity index (χ1n) is 15.2. The van der Waals surface area contributed by atoms with Gasteiger partial charge in [-0.05, 0) is 73.6 Å². The maximum atomic E-state index is 13.5. The summed E-state index contributed by atoms with van der Waals surface area (Å²) >= 11 is 0. The second kappa shape index (κ2) is 15.7. The Morgan fingerprint density at radius 2 is 1.83 bits per heavy atom. The number of pyridine rings is 1. The molecule has 4 rings (SSSR count). The van der Waals surface area contributed by atoms with Crippen LogP contribution in [0.25, 0.3) is 6.08 Å². The second-order valence-corrected chi connectivity index (χ2v) is 10.6. The quantitative estimate of drug-likeness (QED) is 0.262. The van der Waals surface area contributed by atoms with E-state index in [1.807, 2.05) is 73.6 Å². The molecule has 0 spiro atoms. The molecule has 0 radical (unpaired) electrons. The molecule has 2 aliphatic carbocycles. The average molecular weight is 584 g/mol. The van der Waals surface area contributed by atoms with Crippen LogP contribution in [0.3, 0.4) is 0 Å². The number of allylic oxidation sites excluding steroid dienone is 4. The van der Waals surface area contributed by atoms with Gasteiger partial charge in [-0.15, -0.1) is 0 Å². The fraction of sp³-hybridized carbons (Fsp3) is 0.529. The topological polar surface area (TPSA) is 88.6 Å². The van der Waals surface area contributed by atoms with E-state index in [0.717, 1.165) is 22.3 Å². The molecule has 232 valence electrons. The number of hydrogen-bond donors (Lipinski definition) is 1.